The third kappa shape index (κ3) is 4.57. The van der Waals surface area contributed by atoms with E-state index in [9.17, 15) is 0 Å². The fourth-order valence-corrected chi connectivity index (χ4v) is 2.97. The molecule has 1 aliphatic carbocycles. The van der Waals surface area contributed by atoms with E-state index < -0.39 is 0 Å². The third-order valence-electron chi connectivity index (χ3n) is 4.20. The maximum Gasteiger partial charge on any atom is -0.0383 e. The van der Waals surface area contributed by atoms with E-state index in [1.54, 1.807) is 0 Å². The second kappa shape index (κ2) is 5.92. The van der Waals surface area contributed by atoms with Crippen LogP contribution < -0.4 is 0 Å². The lowest BCUT2D eigenvalue weighted by Crippen LogP contribution is -2.15. The molecule has 1 saturated carbocycles. The number of hydrogen-bond acceptors (Lipinski definition) is 0. The van der Waals surface area contributed by atoms with Crippen molar-refractivity contribution in [3.63, 3.8) is 0 Å². The summed E-state index contributed by atoms with van der Waals surface area (Å²) in [5.41, 5.74) is 0. The molecule has 0 spiro atoms. The van der Waals surface area contributed by atoms with Crippen molar-refractivity contribution in [1.82, 2.24) is 0 Å². The first-order chi connectivity index (χ1) is 7.04. The Labute approximate surface area is 96.8 Å². The summed E-state index contributed by atoms with van der Waals surface area (Å²) >= 11 is 0. The molecule has 4 unspecified atom stereocenters. The monoisotopic (exact) mass is 210 g/mol. The Morgan fingerprint density at radius 2 is 1.80 bits per heavy atom. The quantitative estimate of drug-likeness (QED) is 0.546. The van der Waals surface area contributed by atoms with Gasteiger partial charge < -0.3 is 0 Å². The van der Waals surface area contributed by atoms with Crippen LogP contribution >= 0.6 is 0 Å². The first-order valence-corrected chi connectivity index (χ1v) is 7.04. The van der Waals surface area contributed by atoms with Gasteiger partial charge >= 0.3 is 0 Å². The summed E-state index contributed by atoms with van der Waals surface area (Å²) in [4.78, 5) is 0. The van der Waals surface area contributed by atoms with Gasteiger partial charge in [0.1, 0.15) is 0 Å². The normalized spacial score (nSPS) is 29.2. The Morgan fingerprint density at radius 3 is 2.20 bits per heavy atom. The van der Waals surface area contributed by atoms with E-state index in [-0.39, 0.29) is 0 Å². The SMILES string of the molecule is CCCC(C)C(CC(C)C)CC1CC1C. The largest absolute Gasteiger partial charge is 0.0654 e. The predicted octanol–water partition coefficient (Wildman–Crippen LogP) is 5.13. The summed E-state index contributed by atoms with van der Waals surface area (Å²) in [6.45, 7) is 12.0. The molecule has 0 heterocycles. The summed E-state index contributed by atoms with van der Waals surface area (Å²) in [5.74, 6) is 4.94. The Bertz CT molecular complexity index is 171. The lowest BCUT2D eigenvalue weighted by molar-refractivity contribution is 0.254. The van der Waals surface area contributed by atoms with Gasteiger partial charge in [0.15, 0.2) is 0 Å². The van der Waals surface area contributed by atoms with Gasteiger partial charge in [0.2, 0.25) is 0 Å². The molecule has 0 saturated heterocycles. The van der Waals surface area contributed by atoms with E-state index in [0.717, 1.165) is 29.6 Å². The van der Waals surface area contributed by atoms with Crippen LogP contribution in [0.4, 0.5) is 0 Å². The van der Waals surface area contributed by atoms with Crippen LogP contribution in [-0.2, 0) is 0 Å². The molecule has 1 fully saturated rings. The molecule has 0 aromatic rings. The van der Waals surface area contributed by atoms with Gasteiger partial charge in [-0.05, 0) is 48.9 Å². The highest BCUT2D eigenvalue weighted by atomic mass is 14.4. The molecule has 0 amide bonds. The standard InChI is InChI=1S/C15H30/c1-6-7-12(4)14(8-11(2)3)10-15-9-13(15)5/h11-15H,6-10H2,1-5H3. The zero-order chi connectivity index (χ0) is 11.4. The minimum atomic E-state index is 0.878. The smallest absolute Gasteiger partial charge is 0.0383 e. The third-order valence-corrected chi connectivity index (χ3v) is 4.20. The van der Waals surface area contributed by atoms with Crippen LogP contribution in [0, 0.1) is 29.6 Å². The van der Waals surface area contributed by atoms with E-state index >= 15 is 0 Å². The van der Waals surface area contributed by atoms with Crippen molar-refractivity contribution in [3.8, 4) is 0 Å². The predicted molar refractivity (Wildman–Crippen MR) is 68.9 cm³/mol. The fourth-order valence-electron chi connectivity index (χ4n) is 2.97. The summed E-state index contributed by atoms with van der Waals surface area (Å²) in [7, 11) is 0. The average molecular weight is 210 g/mol. The number of rotatable bonds is 7. The first-order valence-electron chi connectivity index (χ1n) is 7.04. The van der Waals surface area contributed by atoms with Gasteiger partial charge in [-0.3, -0.25) is 0 Å². The maximum absolute atomic E-state index is 2.48. The molecule has 0 bridgehead atoms. The summed E-state index contributed by atoms with van der Waals surface area (Å²) in [6.07, 6.45) is 7.26. The average Bonchev–Trinajstić information content (AvgIpc) is 2.80. The van der Waals surface area contributed by atoms with Gasteiger partial charge in [-0.2, -0.15) is 0 Å². The van der Waals surface area contributed by atoms with Crippen molar-refractivity contribution >= 4 is 0 Å². The molecule has 0 aromatic heterocycles. The van der Waals surface area contributed by atoms with Gasteiger partial charge in [-0.1, -0.05) is 47.5 Å². The molecular weight excluding hydrogens is 180 g/mol. The van der Waals surface area contributed by atoms with Crippen molar-refractivity contribution in [2.45, 2.75) is 66.7 Å². The Kier molecular flexibility index (Phi) is 5.15. The summed E-state index contributed by atoms with van der Waals surface area (Å²) in [5, 5.41) is 0. The van der Waals surface area contributed by atoms with E-state index in [0.29, 0.717) is 0 Å². The molecule has 15 heavy (non-hydrogen) atoms. The molecular formula is C15H30. The van der Waals surface area contributed by atoms with Crippen LogP contribution in [-0.4, -0.2) is 0 Å². The molecule has 0 aromatic carbocycles. The molecule has 0 N–H and O–H groups in total. The van der Waals surface area contributed by atoms with Crippen molar-refractivity contribution in [1.29, 1.82) is 0 Å². The Balaban J connectivity index is 2.37. The molecule has 0 nitrogen and oxygen atoms in total. The van der Waals surface area contributed by atoms with Crippen LogP contribution in [0.3, 0.4) is 0 Å². The zero-order valence-corrected chi connectivity index (χ0v) is 11.4. The minimum absolute atomic E-state index is 0.878. The molecule has 1 aliphatic rings. The fraction of sp³-hybridized carbons (Fsp3) is 1.00. The molecule has 1 rings (SSSR count). The Morgan fingerprint density at radius 1 is 1.20 bits per heavy atom. The van der Waals surface area contributed by atoms with Gasteiger partial charge in [-0.25, -0.2) is 0 Å². The van der Waals surface area contributed by atoms with E-state index in [1.165, 1.54) is 32.1 Å². The van der Waals surface area contributed by atoms with Gasteiger partial charge in [0.05, 0.1) is 0 Å². The van der Waals surface area contributed by atoms with Gasteiger partial charge in [0.25, 0.3) is 0 Å². The summed E-state index contributed by atoms with van der Waals surface area (Å²) in [6, 6.07) is 0. The van der Waals surface area contributed by atoms with Crippen molar-refractivity contribution in [3.05, 3.63) is 0 Å². The topological polar surface area (TPSA) is 0 Å². The Hall–Kier alpha value is 0. The molecule has 4 atom stereocenters. The van der Waals surface area contributed by atoms with E-state index in [1.807, 2.05) is 0 Å². The lowest BCUT2D eigenvalue weighted by atomic mass is 9.80. The van der Waals surface area contributed by atoms with Crippen LogP contribution in [0.2, 0.25) is 0 Å². The van der Waals surface area contributed by atoms with Crippen LogP contribution in [0.5, 0.6) is 0 Å². The number of hydrogen-bond donors (Lipinski definition) is 0. The first kappa shape index (κ1) is 13.1. The van der Waals surface area contributed by atoms with Crippen molar-refractivity contribution < 1.29 is 0 Å². The van der Waals surface area contributed by atoms with E-state index in [4.69, 9.17) is 0 Å². The highest BCUT2D eigenvalue weighted by molar-refractivity contribution is 4.85. The lowest BCUT2D eigenvalue weighted by Gasteiger charge is -2.25. The second-order valence-electron chi connectivity index (χ2n) is 6.36. The van der Waals surface area contributed by atoms with Gasteiger partial charge in [0, 0.05) is 0 Å². The van der Waals surface area contributed by atoms with Crippen LogP contribution in [0.1, 0.15) is 66.7 Å². The zero-order valence-electron chi connectivity index (χ0n) is 11.4. The van der Waals surface area contributed by atoms with Crippen molar-refractivity contribution in [2.24, 2.45) is 29.6 Å². The highest BCUT2D eigenvalue weighted by Crippen LogP contribution is 2.45. The molecule has 90 valence electrons. The van der Waals surface area contributed by atoms with E-state index in [2.05, 4.69) is 34.6 Å². The van der Waals surface area contributed by atoms with Crippen LogP contribution in [0.15, 0.2) is 0 Å². The second-order valence-corrected chi connectivity index (χ2v) is 6.36. The molecule has 0 heteroatoms. The molecule has 0 radical (unpaired) electrons. The van der Waals surface area contributed by atoms with Crippen LogP contribution in [0.25, 0.3) is 0 Å². The minimum Gasteiger partial charge on any atom is -0.0654 e. The summed E-state index contributed by atoms with van der Waals surface area (Å²) < 4.78 is 0. The molecule has 0 aliphatic heterocycles. The highest BCUT2D eigenvalue weighted by Gasteiger charge is 2.35. The maximum atomic E-state index is 2.48. The van der Waals surface area contributed by atoms with Crippen molar-refractivity contribution in [2.75, 3.05) is 0 Å². The van der Waals surface area contributed by atoms with Gasteiger partial charge in [-0.15, -0.1) is 0 Å².